The maximum atomic E-state index is 12.0. The summed E-state index contributed by atoms with van der Waals surface area (Å²) >= 11 is 0. The molecule has 0 saturated heterocycles. The van der Waals surface area contributed by atoms with Gasteiger partial charge in [0.25, 0.3) is 5.91 Å². The van der Waals surface area contributed by atoms with Crippen molar-refractivity contribution in [3.8, 4) is 0 Å². The lowest BCUT2D eigenvalue weighted by Gasteiger charge is -2.13. The van der Waals surface area contributed by atoms with Gasteiger partial charge in [0.2, 0.25) is 0 Å². The lowest BCUT2D eigenvalue weighted by molar-refractivity contribution is -0.129. The second-order valence-corrected chi connectivity index (χ2v) is 4.90. The van der Waals surface area contributed by atoms with E-state index in [-0.39, 0.29) is 12.5 Å². The minimum absolute atomic E-state index is 0.263. The Morgan fingerprint density at radius 1 is 1.23 bits per heavy atom. The normalized spacial score (nSPS) is 11.7. The van der Waals surface area contributed by atoms with Crippen LogP contribution in [-0.4, -0.2) is 18.0 Å². The fourth-order valence-corrected chi connectivity index (χ4v) is 1.89. The van der Waals surface area contributed by atoms with Crippen LogP contribution in [-0.2, 0) is 22.5 Å². The first kappa shape index (κ1) is 15.8. The fraction of sp³-hybridized carbons (Fsp3) is 0.294. The number of carbonyl (C=O) groups excluding carboxylic acids is 2. The first-order valence-electron chi connectivity index (χ1n) is 7.20. The monoisotopic (exact) mass is 301 g/mol. The molecule has 1 atom stereocenters. The van der Waals surface area contributed by atoms with E-state index in [4.69, 9.17) is 9.15 Å². The van der Waals surface area contributed by atoms with E-state index in [1.54, 1.807) is 24.3 Å². The second kappa shape index (κ2) is 7.45. The third-order valence-electron chi connectivity index (χ3n) is 3.27. The summed E-state index contributed by atoms with van der Waals surface area (Å²) in [5.74, 6) is -0.236. The van der Waals surface area contributed by atoms with Gasteiger partial charge in [-0.1, -0.05) is 19.1 Å². The molecule has 0 aliphatic heterocycles. The molecule has 0 fully saturated rings. The van der Waals surface area contributed by atoms with E-state index < -0.39 is 12.1 Å². The number of furan rings is 1. The van der Waals surface area contributed by atoms with Crippen molar-refractivity contribution in [2.24, 2.45) is 0 Å². The van der Waals surface area contributed by atoms with Crippen LogP contribution in [0.5, 0.6) is 0 Å². The average molecular weight is 301 g/mol. The number of nitrogens with one attached hydrogen (secondary N) is 1. The van der Waals surface area contributed by atoms with Crippen LogP contribution in [0.1, 0.15) is 35.5 Å². The van der Waals surface area contributed by atoms with Crippen LogP contribution in [0.2, 0.25) is 0 Å². The maximum Gasteiger partial charge on any atom is 0.338 e. The molecule has 2 aromatic rings. The van der Waals surface area contributed by atoms with Gasteiger partial charge in [0.1, 0.15) is 5.76 Å². The van der Waals surface area contributed by atoms with Gasteiger partial charge < -0.3 is 14.5 Å². The highest BCUT2D eigenvalue weighted by Crippen LogP contribution is 2.08. The van der Waals surface area contributed by atoms with Crippen molar-refractivity contribution in [1.82, 2.24) is 5.32 Å². The molecule has 1 N–H and O–H groups in total. The van der Waals surface area contributed by atoms with Gasteiger partial charge >= 0.3 is 5.97 Å². The summed E-state index contributed by atoms with van der Waals surface area (Å²) < 4.78 is 10.3. The van der Waals surface area contributed by atoms with E-state index in [2.05, 4.69) is 5.32 Å². The zero-order valence-electron chi connectivity index (χ0n) is 12.7. The molecule has 5 nitrogen and oxygen atoms in total. The van der Waals surface area contributed by atoms with Gasteiger partial charge in [0, 0.05) is 0 Å². The molecule has 1 aromatic carbocycles. The molecule has 1 amide bonds. The van der Waals surface area contributed by atoms with E-state index in [9.17, 15) is 9.59 Å². The highest BCUT2D eigenvalue weighted by atomic mass is 16.5. The van der Waals surface area contributed by atoms with Crippen LogP contribution < -0.4 is 5.32 Å². The molecule has 1 heterocycles. The molecule has 0 unspecified atom stereocenters. The molecular weight excluding hydrogens is 282 g/mol. The molecule has 0 bridgehead atoms. The first-order valence-corrected chi connectivity index (χ1v) is 7.20. The number of aryl methyl sites for hydroxylation is 1. The van der Waals surface area contributed by atoms with Crippen LogP contribution in [0, 0.1) is 0 Å². The number of ether oxygens (including phenoxy) is 1. The summed E-state index contributed by atoms with van der Waals surface area (Å²) in [4.78, 5) is 23.8. The molecule has 1 aromatic heterocycles. The van der Waals surface area contributed by atoms with Crippen molar-refractivity contribution >= 4 is 11.9 Å². The molecule has 5 heteroatoms. The third-order valence-corrected chi connectivity index (χ3v) is 3.27. The Bertz CT molecular complexity index is 617. The Balaban J connectivity index is 1.85. The summed E-state index contributed by atoms with van der Waals surface area (Å²) in [5.41, 5.74) is 1.57. The quantitative estimate of drug-likeness (QED) is 0.833. The van der Waals surface area contributed by atoms with Gasteiger partial charge in [-0.3, -0.25) is 4.79 Å². The fourth-order valence-electron chi connectivity index (χ4n) is 1.89. The Hall–Kier alpha value is -2.56. The van der Waals surface area contributed by atoms with Crippen molar-refractivity contribution in [1.29, 1.82) is 0 Å². The zero-order chi connectivity index (χ0) is 15.9. The lowest BCUT2D eigenvalue weighted by atomic mass is 10.1. The average Bonchev–Trinajstić information content (AvgIpc) is 3.06. The summed E-state index contributed by atoms with van der Waals surface area (Å²) in [7, 11) is 0. The van der Waals surface area contributed by atoms with Crippen LogP contribution in [0.15, 0.2) is 47.1 Å². The van der Waals surface area contributed by atoms with Crippen molar-refractivity contribution in [3.63, 3.8) is 0 Å². The number of hydrogen-bond donors (Lipinski definition) is 1. The van der Waals surface area contributed by atoms with Gasteiger partial charge in [-0.25, -0.2) is 4.79 Å². The molecule has 0 radical (unpaired) electrons. The smallest absolute Gasteiger partial charge is 0.338 e. The van der Waals surface area contributed by atoms with E-state index in [0.29, 0.717) is 11.3 Å². The van der Waals surface area contributed by atoms with Gasteiger partial charge in [-0.2, -0.15) is 0 Å². The van der Waals surface area contributed by atoms with Crippen molar-refractivity contribution in [3.05, 3.63) is 59.5 Å². The van der Waals surface area contributed by atoms with E-state index >= 15 is 0 Å². The topological polar surface area (TPSA) is 68.5 Å². The Kier molecular flexibility index (Phi) is 5.36. The van der Waals surface area contributed by atoms with Gasteiger partial charge in [-0.05, 0) is 43.2 Å². The number of esters is 1. The Morgan fingerprint density at radius 3 is 2.55 bits per heavy atom. The molecule has 0 aliphatic rings. The predicted molar refractivity (Wildman–Crippen MR) is 81.3 cm³/mol. The van der Waals surface area contributed by atoms with Crippen molar-refractivity contribution in [2.75, 3.05) is 0 Å². The van der Waals surface area contributed by atoms with E-state index in [0.717, 1.165) is 12.0 Å². The minimum atomic E-state index is -0.867. The summed E-state index contributed by atoms with van der Waals surface area (Å²) in [6.45, 7) is 3.84. The largest absolute Gasteiger partial charge is 0.467 e. The summed E-state index contributed by atoms with van der Waals surface area (Å²) in [5, 5.41) is 2.65. The van der Waals surface area contributed by atoms with E-state index in [1.807, 2.05) is 19.1 Å². The maximum absolute atomic E-state index is 12.0. The highest BCUT2D eigenvalue weighted by molar-refractivity contribution is 5.92. The SMILES string of the molecule is CCc1ccc(C(=O)O[C@@H](C)C(=O)NCc2ccco2)cc1. The van der Waals surface area contributed by atoms with Crippen molar-refractivity contribution in [2.45, 2.75) is 32.9 Å². The molecule has 0 spiro atoms. The number of hydrogen-bond acceptors (Lipinski definition) is 4. The van der Waals surface area contributed by atoms with Gasteiger partial charge in [0.05, 0.1) is 18.4 Å². The lowest BCUT2D eigenvalue weighted by Crippen LogP contribution is -2.35. The predicted octanol–water partition coefficient (Wildman–Crippen LogP) is 2.70. The number of amides is 1. The molecular formula is C17H19NO4. The first-order chi connectivity index (χ1) is 10.6. The van der Waals surface area contributed by atoms with Gasteiger partial charge in [-0.15, -0.1) is 0 Å². The van der Waals surface area contributed by atoms with Gasteiger partial charge in [0.15, 0.2) is 6.10 Å². The van der Waals surface area contributed by atoms with Crippen LogP contribution in [0.4, 0.5) is 0 Å². The van der Waals surface area contributed by atoms with Crippen LogP contribution in [0.25, 0.3) is 0 Å². The van der Waals surface area contributed by atoms with E-state index in [1.165, 1.54) is 13.2 Å². The Labute approximate surface area is 129 Å². The molecule has 22 heavy (non-hydrogen) atoms. The standard InChI is InChI=1S/C17H19NO4/c1-3-13-6-8-14(9-7-13)17(20)22-12(2)16(19)18-11-15-5-4-10-21-15/h4-10,12H,3,11H2,1-2H3,(H,18,19)/t12-/m0/s1. The third kappa shape index (κ3) is 4.22. The van der Waals surface area contributed by atoms with Crippen LogP contribution in [0.3, 0.4) is 0 Å². The number of benzene rings is 1. The molecule has 2 rings (SSSR count). The second-order valence-electron chi connectivity index (χ2n) is 4.90. The van der Waals surface area contributed by atoms with Crippen LogP contribution >= 0.6 is 0 Å². The molecule has 0 saturated carbocycles. The highest BCUT2D eigenvalue weighted by Gasteiger charge is 2.18. The summed E-state index contributed by atoms with van der Waals surface area (Å²) in [6.07, 6.45) is 1.57. The molecule has 116 valence electrons. The molecule has 0 aliphatic carbocycles. The minimum Gasteiger partial charge on any atom is -0.467 e. The zero-order valence-corrected chi connectivity index (χ0v) is 12.7. The summed E-state index contributed by atoms with van der Waals surface area (Å²) in [6, 6.07) is 10.6. The number of rotatable bonds is 6. The van der Waals surface area contributed by atoms with Crippen molar-refractivity contribution < 1.29 is 18.7 Å². The Morgan fingerprint density at radius 2 is 1.95 bits per heavy atom. The number of carbonyl (C=O) groups is 2.